The summed E-state index contributed by atoms with van der Waals surface area (Å²) in [6.45, 7) is 3.64. The van der Waals surface area contributed by atoms with Crippen LogP contribution in [0, 0.1) is 6.92 Å². The van der Waals surface area contributed by atoms with E-state index in [0.29, 0.717) is 42.4 Å². The number of rotatable bonds is 7. The van der Waals surface area contributed by atoms with Crippen molar-refractivity contribution in [1.82, 2.24) is 29.3 Å². The van der Waals surface area contributed by atoms with Crippen molar-refractivity contribution >= 4 is 43.8 Å². The van der Waals surface area contributed by atoms with Gasteiger partial charge in [-0.3, -0.25) is 4.79 Å². The molecule has 9 nitrogen and oxygen atoms in total. The number of aryl methyl sites for hydroxylation is 1. The first-order valence-corrected chi connectivity index (χ1v) is 12.1. The first-order chi connectivity index (χ1) is 17.0. The first-order valence-electron chi connectivity index (χ1n) is 11.3. The third-order valence-corrected chi connectivity index (χ3v) is 6.73. The molecule has 0 aliphatic rings. The Labute approximate surface area is 210 Å². The molecule has 3 aromatic heterocycles. The Bertz CT molecular complexity index is 1590. The molecular formula is C25H25BrN8O. The lowest BCUT2D eigenvalue weighted by molar-refractivity contribution is 0.617. The summed E-state index contributed by atoms with van der Waals surface area (Å²) in [6.07, 6.45) is 1.63. The van der Waals surface area contributed by atoms with E-state index in [9.17, 15) is 4.79 Å². The van der Waals surface area contributed by atoms with Crippen LogP contribution in [0.1, 0.15) is 17.1 Å². The molecule has 0 atom stereocenters. The molecule has 0 fully saturated rings. The molecule has 0 amide bonds. The predicted molar refractivity (Wildman–Crippen MR) is 141 cm³/mol. The van der Waals surface area contributed by atoms with Crippen LogP contribution in [0.25, 0.3) is 21.9 Å². The fourth-order valence-corrected chi connectivity index (χ4v) is 4.63. The minimum Gasteiger partial charge on any atom is -0.344 e. The quantitative estimate of drug-likeness (QED) is 0.343. The molecule has 0 unspecified atom stereocenters. The van der Waals surface area contributed by atoms with Gasteiger partial charge in [0.15, 0.2) is 5.82 Å². The van der Waals surface area contributed by atoms with E-state index in [1.165, 1.54) is 4.68 Å². The van der Waals surface area contributed by atoms with Gasteiger partial charge in [-0.2, -0.15) is 5.10 Å². The van der Waals surface area contributed by atoms with E-state index in [2.05, 4.69) is 31.0 Å². The molecule has 10 heteroatoms. The summed E-state index contributed by atoms with van der Waals surface area (Å²) in [5, 5.41) is 5.38. The number of aromatic nitrogens is 6. The van der Waals surface area contributed by atoms with Gasteiger partial charge in [0, 0.05) is 35.7 Å². The van der Waals surface area contributed by atoms with Gasteiger partial charge < -0.3 is 15.2 Å². The number of imidazole rings is 1. The van der Waals surface area contributed by atoms with Crippen molar-refractivity contribution in [2.24, 2.45) is 5.73 Å². The van der Waals surface area contributed by atoms with Gasteiger partial charge in [-0.05, 0) is 24.6 Å². The molecule has 5 rings (SSSR count). The number of anilines is 1. The smallest absolute Gasteiger partial charge is 0.293 e. The van der Waals surface area contributed by atoms with E-state index < -0.39 is 0 Å². The average Bonchev–Trinajstić information content (AvgIpc) is 3.22. The number of benzene rings is 2. The molecule has 3 heterocycles. The van der Waals surface area contributed by atoms with Gasteiger partial charge in [-0.1, -0.05) is 52.3 Å². The third kappa shape index (κ3) is 4.42. The van der Waals surface area contributed by atoms with Crippen LogP contribution < -0.4 is 16.2 Å². The number of nitrogens with two attached hydrogens (primary N) is 1. The Morgan fingerprint density at radius 2 is 1.77 bits per heavy atom. The van der Waals surface area contributed by atoms with Gasteiger partial charge in [0.2, 0.25) is 5.95 Å². The predicted octanol–water partition coefficient (Wildman–Crippen LogP) is 3.10. The minimum absolute atomic E-state index is 0.161. The summed E-state index contributed by atoms with van der Waals surface area (Å²) >= 11 is 3.62. The van der Waals surface area contributed by atoms with Crippen molar-refractivity contribution in [3.8, 4) is 0 Å². The summed E-state index contributed by atoms with van der Waals surface area (Å²) in [4.78, 5) is 29.7. The number of nitrogens with zero attached hydrogens (tertiary/aromatic N) is 7. The van der Waals surface area contributed by atoms with Gasteiger partial charge in [-0.25, -0.2) is 19.6 Å². The Kier molecular flexibility index (Phi) is 6.31. The second kappa shape index (κ2) is 9.55. The van der Waals surface area contributed by atoms with Crippen LogP contribution in [-0.2, 0) is 13.1 Å². The molecule has 0 bridgehead atoms. The molecule has 2 N–H and O–H groups in total. The van der Waals surface area contributed by atoms with Gasteiger partial charge in [-0.15, -0.1) is 0 Å². The summed E-state index contributed by atoms with van der Waals surface area (Å²) < 4.78 is 4.29. The van der Waals surface area contributed by atoms with Crippen molar-refractivity contribution in [2.75, 3.05) is 25.0 Å². The first kappa shape index (κ1) is 23.1. The third-order valence-electron chi connectivity index (χ3n) is 5.95. The highest BCUT2D eigenvalue weighted by atomic mass is 79.9. The van der Waals surface area contributed by atoms with E-state index in [1.807, 2.05) is 72.0 Å². The summed E-state index contributed by atoms with van der Waals surface area (Å²) in [5.41, 5.74) is 9.31. The zero-order valence-electron chi connectivity index (χ0n) is 19.5. The topological polar surface area (TPSA) is 108 Å². The van der Waals surface area contributed by atoms with Crippen LogP contribution in [0.15, 0.2) is 64.0 Å². The lowest BCUT2D eigenvalue weighted by Crippen LogP contribution is -2.29. The van der Waals surface area contributed by atoms with Crippen molar-refractivity contribution in [3.63, 3.8) is 0 Å². The Morgan fingerprint density at radius 1 is 1.00 bits per heavy atom. The highest BCUT2D eigenvalue weighted by Gasteiger charge is 2.20. The Hall–Kier alpha value is -3.63. The lowest BCUT2D eigenvalue weighted by Gasteiger charge is -2.19. The molecule has 178 valence electrons. The van der Waals surface area contributed by atoms with Gasteiger partial charge in [0.05, 0.1) is 18.3 Å². The molecule has 5 aromatic rings. The maximum Gasteiger partial charge on any atom is 0.293 e. The molecule has 0 spiro atoms. The zero-order chi connectivity index (χ0) is 24.5. The van der Waals surface area contributed by atoms with E-state index >= 15 is 0 Å². The van der Waals surface area contributed by atoms with E-state index in [-0.39, 0.29) is 12.1 Å². The number of hydrogen-bond acceptors (Lipinski definition) is 7. The van der Waals surface area contributed by atoms with E-state index in [1.54, 1.807) is 6.20 Å². The number of likely N-dealkylation sites (N-methyl/N-ethyl adjacent to an activating group) is 1. The van der Waals surface area contributed by atoms with Crippen LogP contribution in [0.5, 0.6) is 0 Å². The van der Waals surface area contributed by atoms with E-state index in [4.69, 9.17) is 10.7 Å². The number of fused-ring (bicyclic) bond motifs is 2. The molecule has 0 radical (unpaired) electrons. The van der Waals surface area contributed by atoms with Gasteiger partial charge in [0.25, 0.3) is 5.56 Å². The van der Waals surface area contributed by atoms with Crippen LogP contribution >= 0.6 is 15.9 Å². The fourth-order valence-electron chi connectivity index (χ4n) is 4.22. The van der Waals surface area contributed by atoms with Gasteiger partial charge >= 0.3 is 0 Å². The highest BCUT2D eigenvalue weighted by molar-refractivity contribution is 9.10. The van der Waals surface area contributed by atoms with Crippen molar-refractivity contribution in [1.29, 1.82) is 0 Å². The zero-order valence-corrected chi connectivity index (χ0v) is 21.1. The second-order valence-electron chi connectivity index (χ2n) is 8.38. The lowest BCUT2D eigenvalue weighted by atomic mass is 10.2. The van der Waals surface area contributed by atoms with Crippen molar-refractivity contribution in [2.45, 2.75) is 20.0 Å². The van der Waals surface area contributed by atoms with Crippen LogP contribution in [0.3, 0.4) is 0 Å². The number of hydrogen-bond donors (Lipinski definition) is 1. The fraction of sp³-hybridized carbons (Fsp3) is 0.240. The summed E-state index contributed by atoms with van der Waals surface area (Å²) in [5.74, 6) is 1.20. The van der Waals surface area contributed by atoms with Crippen LogP contribution in [0.4, 0.5) is 5.95 Å². The molecule has 0 saturated heterocycles. The van der Waals surface area contributed by atoms with Crippen molar-refractivity contribution < 1.29 is 0 Å². The maximum absolute atomic E-state index is 13.7. The molecule has 35 heavy (non-hydrogen) atoms. The standard InChI is InChI=1S/C25H25BrN8O/c1-16-18-8-4-6-10-20(18)30-22(29-16)15-34-24(35)23-21(13-28-34)31-25(32(2)12-11-27)33(23)14-17-7-3-5-9-19(17)26/h3-10,13H,11-12,14-15,27H2,1-2H3. The molecule has 0 aliphatic heterocycles. The van der Waals surface area contributed by atoms with E-state index in [0.717, 1.165) is 26.6 Å². The van der Waals surface area contributed by atoms with Crippen LogP contribution in [0.2, 0.25) is 0 Å². The SMILES string of the molecule is Cc1nc(Cn2ncc3nc(N(C)CCN)n(Cc4ccccc4Br)c3c2=O)nc2ccccc12. The molecular weight excluding hydrogens is 508 g/mol. The number of halogens is 1. The highest BCUT2D eigenvalue weighted by Crippen LogP contribution is 2.24. The van der Waals surface area contributed by atoms with Gasteiger partial charge in [0.1, 0.15) is 17.6 Å². The van der Waals surface area contributed by atoms with Crippen molar-refractivity contribution in [3.05, 3.63) is 86.6 Å². The monoisotopic (exact) mass is 532 g/mol. The summed E-state index contributed by atoms with van der Waals surface area (Å²) in [7, 11) is 1.92. The molecule has 0 saturated carbocycles. The maximum atomic E-state index is 13.7. The molecule has 2 aromatic carbocycles. The normalized spacial score (nSPS) is 11.4. The average molecular weight is 533 g/mol. The summed E-state index contributed by atoms with van der Waals surface area (Å²) in [6, 6.07) is 15.8. The van der Waals surface area contributed by atoms with Crippen LogP contribution in [-0.4, -0.2) is 49.4 Å². The minimum atomic E-state index is -0.246. The number of para-hydroxylation sites is 1. The second-order valence-corrected chi connectivity index (χ2v) is 9.24. The Balaban J connectivity index is 1.63. The Morgan fingerprint density at radius 3 is 2.57 bits per heavy atom. The largest absolute Gasteiger partial charge is 0.344 e. The molecule has 0 aliphatic carbocycles.